The molecule has 1 heterocycles. The Hall–Kier alpha value is -1.62. The van der Waals surface area contributed by atoms with Crippen LogP contribution in [0.3, 0.4) is 0 Å². The number of piperidine rings is 1. The lowest BCUT2D eigenvalue weighted by Crippen LogP contribution is -2.42. The number of rotatable bonds is 2. The van der Waals surface area contributed by atoms with Crippen molar-refractivity contribution < 1.29 is 9.72 Å². The molecule has 1 aliphatic heterocycles. The number of hydrogen-bond acceptors (Lipinski definition) is 3. The van der Waals surface area contributed by atoms with Crippen LogP contribution < -0.4 is 0 Å². The lowest BCUT2D eigenvalue weighted by atomic mass is 10.0. The predicted molar refractivity (Wildman–Crippen MR) is 72.5 cm³/mol. The fraction of sp³-hybridized carbons (Fsp3) is 0.462. The zero-order chi connectivity index (χ0) is 14.0. The summed E-state index contributed by atoms with van der Waals surface area (Å²) in [6, 6.07) is 4.11. The van der Waals surface area contributed by atoms with Gasteiger partial charge in [0, 0.05) is 24.7 Å². The average molecular weight is 283 g/mol. The van der Waals surface area contributed by atoms with Crippen LogP contribution in [-0.2, 0) is 0 Å². The molecule has 1 fully saturated rings. The van der Waals surface area contributed by atoms with Crippen LogP contribution >= 0.6 is 11.6 Å². The number of nitro benzene ring substituents is 1. The maximum absolute atomic E-state index is 12.4. The lowest BCUT2D eigenvalue weighted by Gasteiger charge is -2.33. The van der Waals surface area contributed by atoms with E-state index in [1.807, 2.05) is 6.92 Å². The molecule has 102 valence electrons. The fourth-order valence-corrected chi connectivity index (χ4v) is 2.54. The summed E-state index contributed by atoms with van der Waals surface area (Å²) in [5, 5.41) is 11.0. The van der Waals surface area contributed by atoms with Gasteiger partial charge in [-0.1, -0.05) is 11.6 Å². The van der Waals surface area contributed by atoms with E-state index >= 15 is 0 Å². The van der Waals surface area contributed by atoms with Gasteiger partial charge in [0.1, 0.15) is 0 Å². The molecule has 1 amide bonds. The van der Waals surface area contributed by atoms with Crippen LogP contribution in [0.1, 0.15) is 36.5 Å². The Kier molecular flexibility index (Phi) is 4.04. The van der Waals surface area contributed by atoms with E-state index in [1.54, 1.807) is 4.90 Å². The van der Waals surface area contributed by atoms with Gasteiger partial charge in [-0.25, -0.2) is 0 Å². The van der Waals surface area contributed by atoms with Crippen molar-refractivity contribution in [3.63, 3.8) is 0 Å². The third-order valence-electron chi connectivity index (χ3n) is 3.46. The Labute approximate surface area is 116 Å². The van der Waals surface area contributed by atoms with Gasteiger partial charge in [-0.05, 0) is 32.3 Å². The Morgan fingerprint density at radius 1 is 1.47 bits per heavy atom. The van der Waals surface area contributed by atoms with E-state index in [0.717, 1.165) is 19.3 Å². The molecule has 1 atom stereocenters. The number of nitro groups is 1. The van der Waals surface area contributed by atoms with Gasteiger partial charge in [0.15, 0.2) is 0 Å². The second-order valence-electron chi connectivity index (χ2n) is 4.76. The van der Waals surface area contributed by atoms with Gasteiger partial charge >= 0.3 is 0 Å². The molecule has 6 heteroatoms. The largest absolute Gasteiger partial charge is 0.336 e. The van der Waals surface area contributed by atoms with Crippen LogP contribution in [0.4, 0.5) is 5.69 Å². The number of hydrogen-bond donors (Lipinski definition) is 0. The van der Waals surface area contributed by atoms with Crippen LogP contribution in [0.25, 0.3) is 0 Å². The molecule has 0 aromatic heterocycles. The summed E-state index contributed by atoms with van der Waals surface area (Å²) >= 11 is 5.99. The minimum Gasteiger partial charge on any atom is -0.336 e. The topological polar surface area (TPSA) is 63.5 Å². The van der Waals surface area contributed by atoms with Gasteiger partial charge in [-0.3, -0.25) is 14.9 Å². The first kappa shape index (κ1) is 13.8. The van der Waals surface area contributed by atoms with Gasteiger partial charge in [0.2, 0.25) is 0 Å². The number of nitrogens with zero attached hydrogens (tertiary/aromatic N) is 2. The molecule has 19 heavy (non-hydrogen) atoms. The van der Waals surface area contributed by atoms with E-state index < -0.39 is 4.92 Å². The van der Waals surface area contributed by atoms with Gasteiger partial charge in [0.05, 0.1) is 15.5 Å². The SMILES string of the molecule is C[C@H]1CCCCN1C(=O)c1cc([N+](=O)[O-])ccc1Cl. The molecule has 1 aromatic rings. The van der Waals surface area contributed by atoms with Gasteiger partial charge in [-0.15, -0.1) is 0 Å². The lowest BCUT2D eigenvalue weighted by molar-refractivity contribution is -0.384. The van der Waals surface area contributed by atoms with Crippen molar-refractivity contribution in [3.05, 3.63) is 38.9 Å². The summed E-state index contributed by atoms with van der Waals surface area (Å²) in [4.78, 5) is 24.4. The molecule has 0 aliphatic carbocycles. The van der Waals surface area contributed by atoms with Crippen molar-refractivity contribution in [2.24, 2.45) is 0 Å². The second-order valence-corrected chi connectivity index (χ2v) is 5.17. The highest BCUT2D eigenvalue weighted by molar-refractivity contribution is 6.33. The third kappa shape index (κ3) is 2.87. The molecule has 2 rings (SSSR count). The maximum Gasteiger partial charge on any atom is 0.270 e. The summed E-state index contributed by atoms with van der Waals surface area (Å²) in [7, 11) is 0. The van der Waals surface area contributed by atoms with E-state index in [4.69, 9.17) is 11.6 Å². The number of likely N-dealkylation sites (tertiary alicyclic amines) is 1. The van der Waals surface area contributed by atoms with Crippen LogP contribution in [0.15, 0.2) is 18.2 Å². The van der Waals surface area contributed by atoms with Crippen molar-refractivity contribution in [1.82, 2.24) is 4.90 Å². The summed E-state index contributed by atoms with van der Waals surface area (Å²) in [5.74, 6) is -0.221. The first-order chi connectivity index (χ1) is 9.00. The maximum atomic E-state index is 12.4. The Morgan fingerprint density at radius 2 is 2.21 bits per heavy atom. The number of benzene rings is 1. The predicted octanol–water partition coefficient (Wildman–Crippen LogP) is 3.26. The minimum atomic E-state index is -0.521. The minimum absolute atomic E-state index is 0.114. The van der Waals surface area contributed by atoms with Crippen LogP contribution in [0, 0.1) is 10.1 Å². The standard InChI is InChI=1S/C13H15ClN2O3/c1-9-4-2-3-7-15(9)13(17)11-8-10(16(18)19)5-6-12(11)14/h5-6,8-9H,2-4,7H2,1H3/t9-/m0/s1. The van der Waals surface area contributed by atoms with Crippen LogP contribution in [0.5, 0.6) is 0 Å². The highest BCUT2D eigenvalue weighted by atomic mass is 35.5. The molecule has 0 N–H and O–H groups in total. The van der Waals surface area contributed by atoms with Gasteiger partial charge in [-0.2, -0.15) is 0 Å². The molecular weight excluding hydrogens is 268 g/mol. The molecule has 1 saturated heterocycles. The van der Waals surface area contributed by atoms with Crippen molar-refractivity contribution in [3.8, 4) is 0 Å². The summed E-state index contributed by atoms with van der Waals surface area (Å²) in [6.45, 7) is 2.67. The molecule has 5 nitrogen and oxygen atoms in total. The van der Waals surface area contributed by atoms with E-state index in [-0.39, 0.29) is 28.2 Å². The fourth-order valence-electron chi connectivity index (χ4n) is 2.35. The number of halogens is 1. The monoisotopic (exact) mass is 282 g/mol. The van der Waals surface area contributed by atoms with Gasteiger partial charge < -0.3 is 4.90 Å². The quantitative estimate of drug-likeness (QED) is 0.618. The van der Waals surface area contributed by atoms with Gasteiger partial charge in [0.25, 0.3) is 11.6 Å². The molecule has 0 unspecified atom stereocenters. The highest BCUT2D eigenvalue weighted by Gasteiger charge is 2.26. The molecule has 0 spiro atoms. The molecule has 0 saturated carbocycles. The van der Waals surface area contributed by atoms with E-state index in [0.29, 0.717) is 6.54 Å². The number of carbonyl (C=O) groups excluding carboxylic acids is 1. The van der Waals surface area contributed by atoms with E-state index in [1.165, 1.54) is 18.2 Å². The van der Waals surface area contributed by atoms with Crippen molar-refractivity contribution >= 4 is 23.2 Å². The molecule has 0 bridgehead atoms. The van der Waals surface area contributed by atoms with Crippen LogP contribution in [-0.4, -0.2) is 28.3 Å². The second kappa shape index (κ2) is 5.57. The Bertz CT molecular complexity index is 519. The molecule has 1 aromatic carbocycles. The van der Waals surface area contributed by atoms with Crippen molar-refractivity contribution in [1.29, 1.82) is 0 Å². The molecular formula is C13H15ClN2O3. The summed E-state index contributed by atoms with van der Waals surface area (Å²) in [6.07, 6.45) is 3.02. The Balaban J connectivity index is 2.32. The smallest absolute Gasteiger partial charge is 0.270 e. The van der Waals surface area contributed by atoms with Crippen molar-refractivity contribution in [2.45, 2.75) is 32.2 Å². The molecule has 1 aliphatic rings. The number of carbonyl (C=O) groups is 1. The zero-order valence-electron chi connectivity index (χ0n) is 10.6. The average Bonchev–Trinajstić information content (AvgIpc) is 2.38. The highest BCUT2D eigenvalue weighted by Crippen LogP contribution is 2.26. The van der Waals surface area contributed by atoms with E-state index in [9.17, 15) is 14.9 Å². The first-order valence-electron chi connectivity index (χ1n) is 6.25. The zero-order valence-corrected chi connectivity index (χ0v) is 11.4. The first-order valence-corrected chi connectivity index (χ1v) is 6.63. The third-order valence-corrected chi connectivity index (χ3v) is 3.78. The van der Waals surface area contributed by atoms with Crippen LogP contribution in [0.2, 0.25) is 5.02 Å². The summed E-state index contributed by atoms with van der Waals surface area (Å²) in [5.41, 5.74) is 0.0991. The number of amides is 1. The summed E-state index contributed by atoms with van der Waals surface area (Å²) < 4.78 is 0. The van der Waals surface area contributed by atoms with Crippen molar-refractivity contribution in [2.75, 3.05) is 6.54 Å². The normalized spacial score (nSPS) is 19.3. The van der Waals surface area contributed by atoms with E-state index in [2.05, 4.69) is 0 Å². The molecule has 0 radical (unpaired) electrons. The number of non-ortho nitro benzene ring substituents is 1. The Morgan fingerprint density at radius 3 is 2.84 bits per heavy atom.